The van der Waals surface area contributed by atoms with Crippen LogP contribution in [0.1, 0.15) is 63.6 Å². The molecule has 0 aromatic carbocycles. The van der Waals surface area contributed by atoms with Crippen LogP contribution in [0, 0.1) is 11.7 Å². The molecule has 106 valence electrons. The molecule has 1 heterocycles. The van der Waals surface area contributed by atoms with Crippen LogP contribution in [0.5, 0.6) is 0 Å². The molecule has 19 heavy (non-hydrogen) atoms. The van der Waals surface area contributed by atoms with Gasteiger partial charge in [-0.25, -0.2) is 4.39 Å². The number of nitrogens with zero attached hydrogens (tertiary/aromatic N) is 1. The third-order valence-electron chi connectivity index (χ3n) is 4.17. The first-order valence-electron chi connectivity index (χ1n) is 7.64. The number of rotatable bonds is 7. The van der Waals surface area contributed by atoms with Crippen molar-refractivity contribution in [2.24, 2.45) is 5.92 Å². The van der Waals surface area contributed by atoms with Crippen molar-refractivity contribution < 1.29 is 4.39 Å². The summed E-state index contributed by atoms with van der Waals surface area (Å²) in [5.41, 5.74) is 0.949. The monoisotopic (exact) mass is 264 g/mol. The molecule has 1 aliphatic carbocycles. The van der Waals surface area contributed by atoms with Gasteiger partial charge in [0.15, 0.2) is 0 Å². The third kappa shape index (κ3) is 4.57. The normalized spacial score (nSPS) is 17.8. The molecule has 1 unspecified atom stereocenters. The second kappa shape index (κ2) is 7.59. The van der Waals surface area contributed by atoms with Gasteiger partial charge in [-0.3, -0.25) is 4.98 Å². The van der Waals surface area contributed by atoms with Gasteiger partial charge in [-0.1, -0.05) is 32.6 Å². The van der Waals surface area contributed by atoms with Gasteiger partial charge in [0.2, 0.25) is 0 Å². The summed E-state index contributed by atoms with van der Waals surface area (Å²) in [4.78, 5) is 4.17. The average Bonchev–Trinajstić information content (AvgIpc) is 2.93. The van der Waals surface area contributed by atoms with E-state index < -0.39 is 0 Å². The molecule has 0 amide bonds. The van der Waals surface area contributed by atoms with Gasteiger partial charge in [0.25, 0.3) is 0 Å². The molecule has 1 aromatic rings. The standard InChI is InChI=1S/C16H25FN2/c1-2-15(16-10-9-14(17)12-19-16)18-11-5-8-13-6-3-4-7-13/h9-10,12-13,15,18H,2-8,11H2,1H3. The number of nitrogens with one attached hydrogen (secondary N) is 1. The number of halogens is 1. The highest BCUT2D eigenvalue weighted by Gasteiger charge is 2.15. The van der Waals surface area contributed by atoms with E-state index in [1.54, 1.807) is 6.07 Å². The van der Waals surface area contributed by atoms with E-state index in [-0.39, 0.29) is 11.9 Å². The Hall–Kier alpha value is -0.960. The summed E-state index contributed by atoms with van der Waals surface area (Å²) in [5, 5.41) is 3.54. The molecule has 1 aromatic heterocycles. The van der Waals surface area contributed by atoms with E-state index in [1.807, 2.05) is 0 Å². The molecule has 2 nitrogen and oxygen atoms in total. The van der Waals surface area contributed by atoms with Crippen LogP contribution in [0.2, 0.25) is 0 Å². The SMILES string of the molecule is CCC(NCCCC1CCCC1)c1ccc(F)cn1. The zero-order chi connectivity index (χ0) is 13.5. The van der Waals surface area contributed by atoms with Crippen LogP contribution < -0.4 is 5.32 Å². The molecular weight excluding hydrogens is 239 g/mol. The number of hydrogen-bond donors (Lipinski definition) is 1. The first-order chi connectivity index (χ1) is 9.29. The third-order valence-corrected chi connectivity index (χ3v) is 4.17. The van der Waals surface area contributed by atoms with Gasteiger partial charge >= 0.3 is 0 Å². The summed E-state index contributed by atoms with van der Waals surface area (Å²) in [5.74, 6) is 0.700. The summed E-state index contributed by atoms with van der Waals surface area (Å²) in [6.45, 7) is 3.17. The maximum atomic E-state index is 12.9. The number of aromatic nitrogens is 1. The van der Waals surface area contributed by atoms with Crippen molar-refractivity contribution in [3.05, 3.63) is 29.8 Å². The molecule has 0 aliphatic heterocycles. The predicted molar refractivity (Wildman–Crippen MR) is 76.4 cm³/mol. The molecule has 1 N–H and O–H groups in total. The maximum Gasteiger partial charge on any atom is 0.141 e. The Kier molecular flexibility index (Phi) is 5.77. The zero-order valence-corrected chi connectivity index (χ0v) is 11.9. The average molecular weight is 264 g/mol. The van der Waals surface area contributed by atoms with E-state index in [2.05, 4.69) is 17.2 Å². The summed E-state index contributed by atoms with van der Waals surface area (Å²) < 4.78 is 12.9. The number of hydrogen-bond acceptors (Lipinski definition) is 2. The summed E-state index contributed by atoms with van der Waals surface area (Å²) in [6, 6.07) is 3.53. The first kappa shape index (κ1) is 14.4. The van der Waals surface area contributed by atoms with Gasteiger partial charge in [-0.15, -0.1) is 0 Å². The van der Waals surface area contributed by atoms with E-state index in [0.717, 1.165) is 24.6 Å². The Morgan fingerprint density at radius 1 is 1.37 bits per heavy atom. The topological polar surface area (TPSA) is 24.9 Å². The summed E-state index contributed by atoms with van der Waals surface area (Å²) in [7, 11) is 0. The Labute approximate surface area is 115 Å². The van der Waals surface area contributed by atoms with Crippen molar-refractivity contribution >= 4 is 0 Å². The largest absolute Gasteiger partial charge is 0.309 e. The van der Waals surface area contributed by atoms with Crippen molar-refractivity contribution in [1.82, 2.24) is 10.3 Å². The van der Waals surface area contributed by atoms with Gasteiger partial charge < -0.3 is 5.32 Å². The quantitative estimate of drug-likeness (QED) is 0.745. The Morgan fingerprint density at radius 2 is 2.16 bits per heavy atom. The van der Waals surface area contributed by atoms with Crippen LogP contribution in [0.3, 0.4) is 0 Å². The molecule has 1 fully saturated rings. The lowest BCUT2D eigenvalue weighted by molar-refractivity contribution is 0.440. The van der Waals surface area contributed by atoms with E-state index in [4.69, 9.17) is 0 Å². The lowest BCUT2D eigenvalue weighted by Crippen LogP contribution is -2.23. The molecule has 1 aliphatic rings. The predicted octanol–water partition coefficient (Wildman–Crippen LogP) is 4.23. The minimum absolute atomic E-state index is 0.254. The molecular formula is C16H25FN2. The van der Waals surface area contributed by atoms with Gasteiger partial charge in [-0.05, 0) is 43.9 Å². The summed E-state index contributed by atoms with van der Waals surface area (Å²) in [6.07, 6.45) is 10.6. The highest BCUT2D eigenvalue weighted by molar-refractivity contribution is 5.09. The van der Waals surface area contributed by atoms with Gasteiger partial charge in [0.05, 0.1) is 11.9 Å². The van der Waals surface area contributed by atoms with Crippen LogP contribution in [0.4, 0.5) is 4.39 Å². The first-order valence-corrected chi connectivity index (χ1v) is 7.64. The Bertz CT molecular complexity index is 358. The molecule has 3 heteroatoms. The van der Waals surface area contributed by atoms with Crippen molar-refractivity contribution in [3.8, 4) is 0 Å². The van der Waals surface area contributed by atoms with E-state index in [1.165, 1.54) is 50.8 Å². The van der Waals surface area contributed by atoms with Crippen LogP contribution >= 0.6 is 0 Å². The highest BCUT2D eigenvalue weighted by Crippen LogP contribution is 2.28. The minimum Gasteiger partial charge on any atom is -0.309 e. The Balaban J connectivity index is 1.71. The molecule has 1 saturated carbocycles. The Morgan fingerprint density at radius 3 is 2.79 bits per heavy atom. The van der Waals surface area contributed by atoms with Gasteiger partial charge in [0.1, 0.15) is 5.82 Å². The smallest absolute Gasteiger partial charge is 0.141 e. The number of pyridine rings is 1. The van der Waals surface area contributed by atoms with Crippen molar-refractivity contribution in [3.63, 3.8) is 0 Å². The van der Waals surface area contributed by atoms with Crippen LogP contribution in [-0.4, -0.2) is 11.5 Å². The lowest BCUT2D eigenvalue weighted by atomic mass is 10.0. The van der Waals surface area contributed by atoms with E-state index >= 15 is 0 Å². The molecule has 1 atom stereocenters. The fourth-order valence-corrected chi connectivity index (χ4v) is 3.02. The second-order valence-corrected chi connectivity index (χ2v) is 5.61. The lowest BCUT2D eigenvalue weighted by Gasteiger charge is -2.17. The van der Waals surface area contributed by atoms with Crippen LogP contribution in [0.15, 0.2) is 18.3 Å². The van der Waals surface area contributed by atoms with E-state index in [0.29, 0.717) is 0 Å². The van der Waals surface area contributed by atoms with Crippen molar-refractivity contribution in [2.75, 3.05) is 6.54 Å². The zero-order valence-electron chi connectivity index (χ0n) is 11.9. The van der Waals surface area contributed by atoms with Crippen molar-refractivity contribution in [1.29, 1.82) is 0 Å². The molecule has 0 spiro atoms. The fourth-order valence-electron chi connectivity index (χ4n) is 3.02. The summed E-state index contributed by atoms with van der Waals surface area (Å²) >= 11 is 0. The molecule has 0 bridgehead atoms. The fraction of sp³-hybridized carbons (Fsp3) is 0.688. The maximum absolute atomic E-state index is 12.9. The van der Waals surface area contributed by atoms with Gasteiger partial charge in [-0.2, -0.15) is 0 Å². The second-order valence-electron chi connectivity index (χ2n) is 5.61. The van der Waals surface area contributed by atoms with Crippen molar-refractivity contribution in [2.45, 2.75) is 57.9 Å². The molecule has 0 radical (unpaired) electrons. The van der Waals surface area contributed by atoms with Crippen LogP contribution in [0.25, 0.3) is 0 Å². The van der Waals surface area contributed by atoms with Gasteiger partial charge in [0, 0.05) is 6.04 Å². The molecule has 2 rings (SSSR count). The molecule has 0 saturated heterocycles. The van der Waals surface area contributed by atoms with Crippen LogP contribution in [-0.2, 0) is 0 Å². The van der Waals surface area contributed by atoms with E-state index in [9.17, 15) is 4.39 Å². The minimum atomic E-state index is -0.264. The highest BCUT2D eigenvalue weighted by atomic mass is 19.1.